The molecule has 0 saturated heterocycles. The van der Waals surface area contributed by atoms with E-state index in [1.165, 1.54) is 10.8 Å². The van der Waals surface area contributed by atoms with E-state index in [2.05, 4.69) is 31.5 Å². The SMILES string of the molecule is O=C(NCc1ccc(Br)cc1)N[C@@H]1COc2nc([N+](=O)[O-])cn2C1. The lowest BCUT2D eigenvalue weighted by molar-refractivity contribution is -0.389. The standard InChI is InChI=1S/C14H14BrN5O4/c15-10-3-1-9(2-4-10)5-16-13(21)17-11-6-19-7-12(20(22)23)18-14(19)24-8-11/h1-4,7,11H,5-6,8H2,(H2,16,17,21)/t11-/m0/s1. The van der Waals surface area contributed by atoms with Crippen LogP contribution in [-0.4, -0.2) is 33.2 Å². The molecule has 0 unspecified atom stereocenters. The third-order valence-electron chi connectivity index (χ3n) is 3.45. The summed E-state index contributed by atoms with van der Waals surface area (Å²) in [5, 5.41) is 16.2. The average Bonchev–Trinajstić information content (AvgIpc) is 2.98. The molecule has 0 spiro atoms. The first-order valence-corrected chi connectivity index (χ1v) is 7.94. The smallest absolute Gasteiger partial charge is 0.414 e. The van der Waals surface area contributed by atoms with Gasteiger partial charge in [-0.3, -0.25) is 4.57 Å². The fourth-order valence-electron chi connectivity index (χ4n) is 2.29. The number of imidazole rings is 1. The number of rotatable bonds is 4. The van der Waals surface area contributed by atoms with E-state index in [-0.39, 0.29) is 30.5 Å². The summed E-state index contributed by atoms with van der Waals surface area (Å²) in [6.45, 7) is 0.968. The number of ether oxygens (including phenoxy) is 1. The highest BCUT2D eigenvalue weighted by Crippen LogP contribution is 2.21. The van der Waals surface area contributed by atoms with E-state index in [9.17, 15) is 14.9 Å². The molecule has 1 aromatic carbocycles. The van der Waals surface area contributed by atoms with Crippen molar-refractivity contribution >= 4 is 27.8 Å². The van der Waals surface area contributed by atoms with Gasteiger partial charge in [0.05, 0.1) is 12.6 Å². The largest absolute Gasteiger partial charge is 0.444 e. The highest BCUT2D eigenvalue weighted by atomic mass is 79.9. The Bertz CT molecular complexity index is 761. The molecule has 10 heteroatoms. The molecule has 0 bridgehead atoms. The highest BCUT2D eigenvalue weighted by molar-refractivity contribution is 9.10. The van der Waals surface area contributed by atoms with Crippen LogP contribution in [0.15, 0.2) is 34.9 Å². The Balaban J connectivity index is 1.51. The zero-order chi connectivity index (χ0) is 17.1. The monoisotopic (exact) mass is 395 g/mol. The zero-order valence-electron chi connectivity index (χ0n) is 12.4. The Kier molecular flexibility index (Phi) is 4.65. The number of hydrogen-bond donors (Lipinski definition) is 2. The molecule has 0 radical (unpaired) electrons. The number of nitrogens with zero attached hydrogens (tertiary/aromatic N) is 3. The Morgan fingerprint density at radius 1 is 1.46 bits per heavy atom. The third-order valence-corrected chi connectivity index (χ3v) is 3.98. The predicted octanol–water partition coefficient (Wildman–Crippen LogP) is 1.81. The molecule has 126 valence electrons. The summed E-state index contributed by atoms with van der Waals surface area (Å²) in [6, 6.07) is 7.18. The lowest BCUT2D eigenvalue weighted by atomic mass is 10.2. The van der Waals surface area contributed by atoms with Crippen LogP contribution in [0.5, 0.6) is 6.01 Å². The van der Waals surface area contributed by atoms with Crippen LogP contribution in [-0.2, 0) is 13.1 Å². The molecule has 0 aliphatic carbocycles. The van der Waals surface area contributed by atoms with Crippen LogP contribution in [0.1, 0.15) is 5.56 Å². The van der Waals surface area contributed by atoms with Gasteiger partial charge in [-0.15, -0.1) is 0 Å². The fourth-order valence-corrected chi connectivity index (χ4v) is 2.56. The average molecular weight is 396 g/mol. The van der Waals surface area contributed by atoms with E-state index < -0.39 is 4.92 Å². The second-order valence-corrected chi connectivity index (χ2v) is 6.17. The minimum atomic E-state index is -0.581. The van der Waals surface area contributed by atoms with Gasteiger partial charge < -0.3 is 25.5 Å². The number of aromatic nitrogens is 2. The quantitative estimate of drug-likeness (QED) is 0.605. The molecule has 0 fully saturated rings. The molecule has 0 saturated carbocycles. The Labute approximate surface area is 145 Å². The predicted molar refractivity (Wildman–Crippen MR) is 87.7 cm³/mol. The minimum Gasteiger partial charge on any atom is -0.444 e. The van der Waals surface area contributed by atoms with Crippen molar-refractivity contribution in [2.24, 2.45) is 0 Å². The number of amides is 2. The van der Waals surface area contributed by atoms with Gasteiger partial charge in [0.25, 0.3) is 0 Å². The Morgan fingerprint density at radius 2 is 2.21 bits per heavy atom. The van der Waals surface area contributed by atoms with Crippen LogP contribution >= 0.6 is 15.9 Å². The van der Waals surface area contributed by atoms with Gasteiger partial charge in [-0.05, 0) is 22.6 Å². The number of urea groups is 1. The lowest BCUT2D eigenvalue weighted by Crippen LogP contribution is -2.48. The summed E-state index contributed by atoms with van der Waals surface area (Å²) >= 11 is 3.35. The first-order valence-electron chi connectivity index (χ1n) is 7.14. The van der Waals surface area contributed by atoms with Crippen molar-refractivity contribution < 1.29 is 14.5 Å². The molecule has 2 aromatic rings. The van der Waals surface area contributed by atoms with Gasteiger partial charge in [0.2, 0.25) is 0 Å². The molecule has 2 N–H and O–H groups in total. The topological polar surface area (TPSA) is 111 Å². The van der Waals surface area contributed by atoms with Crippen molar-refractivity contribution in [2.75, 3.05) is 6.61 Å². The van der Waals surface area contributed by atoms with Gasteiger partial charge in [-0.25, -0.2) is 4.79 Å². The van der Waals surface area contributed by atoms with Crippen LogP contribution in [0, 0.1) is 10.1 Å². The first-order chi connectivity index (χ1) is 11.5. The maximum Gasteiger partial charge on any atom is 0.414 e. The number of halogens is 1. The fraction of sp³-hybridized carbons (Fsp3) is 0.286. The first kappa shape index (κ1) is 16.2. The zero-order valence-corrected chi connectivity index (χ0v) is 14.0. The second-order valence-electron chi connectivity index (χ2n) is 5.25. The van der Waals surface area contributed by atoms with E-state index in [0.717, 1.165) is 10.0 Å². The molecule has 2 amide bonds. The summed E-state index contributed by atoms with van der Waals surface area (Å²) in [5.74, 6) is -0.273. The number of nitro groups is 1. The number of hydrogen-bond acceptors (Lipinski definition) is 5. The normalized spacial score (nSPS) is 16.0. The number of fused-ring (bicyclic) bond motifs is 1. The van der Waals surface area contributed by atoms with E-state index in [0.29, 0.717) is 13.1 Å². The molecular formula is C14H14BrN5O4. The Morgan fingerprint density at radius 3 is 2.92 bits per heavy atom. The third kappa shape index (κ3) is 3.82. The van der Waals surface area contributed by atoms with Crippen LogP contribution in [0.3, 0.4) is 0 Å². The van der Waals surface area contributed by atoms with Crippen LogP contribution in [0.4, 0.5) is 10.6 Å². The molecular weight excluding hydrogens is 382 g/mol. The molecule has 9 nitrogen and oxygen atoms in total. The molecule has 2 heterocycles. The van der Waals surface area contributed by atoms with Gasteiger partial charge >= 0.3 is 17.9 Å². The maximum absolute atomic E-state index is 12.0. The van der Waals surface area contributed by atoms with E-state index in [1.54, 1.807) is 0 Å². The van der Waals surface area contributed by atoms with Crippen molar-refractivity contribution in [2.45, 2.75) is 19.1 Å². The maximum atomic E-state index is 12.0. The molecule has 1 aliphatic heterocycles. The summed E-state index contributed by atoms with van der Waals surface area (Å²) in [7, 11) is 0. The number of carbonyl (C=O) groups is 1. The highest BCUT2D eigenvalue weighted by Gasteiger charge is 2.28. The van der Waals surface area contributed by atoms with Crippen LogP contribution in [0.25, 0.3) is 0 Å². The van der Waals surface area contributed by atoms with E-state index in [1.807, 2.05) is 24.3 Å². The molecule has 3 rings (SSSR count). The van der Waals surface area contributed by atoms with E-state index >= 15 is 0 Å². The van der Waals surface area contributed by atoms with Gasteiger partial charge in [-0.2, -0.15) is 0 Å². The van der Waals surface area contributed by atoms with Crippen molar-refractivity contribution in [1.29, 1.82) is 0 Å². The number of nitrogens with one attached hydrogen (secondary N) is 2. The summed E-state index contributed by atoms with van der Waals surface area (Å²) < 4.78 is 7.83. The molecule has 24 heavy (non-hydrogen) atoms. The number of benzene rings is 1. The van der Waals surface area contributed by atoms with Gasteiger partial charge in [-0.1, -0.05) is 28.1 Å². The lowest BCUT2D eigenvalue weighted by Gasteiger charge is -2.23. The summed E-state index contributed by atoms with van der Waals surface area (Å²) in [5.41, 5.74) is 0.973. The second kappa shape index (κ2) is 6.87. The molecule has 1 aliphatic rings. The van der Waals surface area contributed by atoms with Crippen molar-refractivity contribution in [1.82, 2.24) is 20.2 Å². The van der Waals surface area contributed by atoms with Crippen LogP contribution in [0.2, 0.25) is 0 Å². The minimum absolute atomic E-state index is 0.190. The molecule has 1 aromatic heterocycles. The van der Waals surface area contributed by atoms with Crippen molar-refractivity contribution in [3.05, 3.63) is 50.6 Å². The number of carbonyl (C=O) groups excluding carboxylic acids is 1. The Hall–Kier alpha value is -2.62. The summed E-state index contributed by atoms with van der Waals surface area (Å²) in [4.78, 5) is 25.8. The van der Waals surface area contributed by atoms with Gasteiger partial charge in [0, 0.05) is 16.0 Å². The van der Waals surface area contributed by atoms with E-state index in [4.69, 9.17) is 4.74 Å². The van der Waals surface area contributed by atoms with Crippen LogP contribution < -0.4 is 15.4 Å². The van der Waals surface area contributed by atoms with Gasteiger partial charge in [0.1, 0.15) is 12.8 Å². The summed E-state index contributed by atoms with van der Waals surface area (Å²) in [6.07, 6.45) is 1.29. The van der Waals surface area contributed by atoms with Crippen molar-refractivity contribution in [3.8, 4) is 6.01 Å². The van der Waals surface area contributed by atoms with Gasteiger partial charge in [0.15, 0.2) is 0 Å². The molecule has 1 atom stereocenters. The van der Waals surface area contributed by atoms with Crippen molar-refractivity contribution in [3.63, 3.8) is 0 Å².